The van der Waals surface area contributed by atoms with Crippen molar-refractivity contribution in [1.82, 2.24) is 10.6 Å². The van der Waals surface area contributed by atoms with E-state index in [1.54, 1.807) is 25.1 Å². The standard InChI is InChI=1S/C39H61N3O20/c1-16-11-19(35(53)41-10-9-40)12-23(31(16)60-36-30(52)29(51)26(48)17(2)56-36)58-37-34(57-20-7-5-4-6-8-20)33(28(50)24(15-44)59-37)62-39(38(54)55)13-21(46)25(42-18(3)45)32(61-39)27(49)22(47)14-43/h4-8,16-17,19,21-34,36-37,43-44,46-52H,9-15,40H2,1-3H3,(H,41,53)(H,42,45)(H,54,55)/t16?,17?,19?,21?,22-,23?,24?,25?,26?,27-,28?,29?,30?,31?,32?,33?,34?,36?,37?,39?/m1/s1. The average Bonchev–Trinajstić information content (AvgIpc) is 3.24. The van der Waals surface area contributed by atoms with Crippen LogP contribution in [0.4, 0.5) is 0 Å². The van der Waals surface area contributed by atoms with Gasteiger partial charge in [0.05, 0.1) is 43.7 Å². The molecule has 0 aromatic heterocycles. The molecule has 20 atom stereocenters. The molecule has 5 rings (SSSR count). The number of carbonyl (C=O) groups is 3. The molecule has 62 heavy (non-hydrogen) atoms. The maximum absolute atomic E-state index is 13.4. The number of carboxylic acid groups (broad SMARTS) is 1. The Kier molecular flexibility index (Phi) is 17.4. The van der Waals surface area contributed by atoms with Crippen molar-refractivity contribution in [2.45, 2.75) is 150 Å². The monoisotopic (exact) mass is 891 g/mol. The molecule has 0 spiro atoms. The van der Waals surface area contributed by atoms with E-state index in [0.29, 0.717) is 0 Å². The van der Waals surface area contributed by atoms with Crippen molar-refractivity contribution in [1.29, 1.82) is 0 Å². The molecule has 23 heteroatoms. The molecular formula is C39H61N3O20. The van der Waals surface area contributed by atoms with Gasteiger partial charge in [-0.05, 0) is 37.8 Å². The Labute approximate surface area is 356 Å². The Morgan fingerprint density at radius 2 is 1.60 bits per heavy atom. The SMILES string of the molecule is CC(=O)NC1C(O)CC(OC2C(O)C(CO)OC(OC3CC(C(=O)NCCN)CC(C)C3OC3OC(C)C(O)C(O)C3O)C2Oc2ccccc2)(C(=O)O)OC1[C@H](O)[C@H](O)CO. The minimum absolute atomic E-state index is 0.0869. The van der Waals surface area contributed by atoms with Crippen LogP contribution >= 0.6 is 0 Å². The van der Waals surface area contributed by atoms with Crippen LogP contribution < -0.4 is 21.1 Å². The number of nitrogens with two attached hydrogens (primary N) is 1. The number of carboxylic acids is 1. The van der Waals surface area contributed by atoms with Crippen molar-refractivity contribution in [3.8, 4) is 5.75 Å². The Morgan fingerprint density at radius 1 is 0.903 bits per heavy atom. The van der Waals surface area contributed by atoms with Crippen LogP contribution in [0.25, 0.3) is 0 Å². The molecular weight excluding hydrogens is 830 g/mol. The molecule has 3 aliphatic heterocycles. The first-order valence-electron chi connectivity index (χ1n) is 20.5. The molecule has 1 aliphatic carbocycles. The zero-order chi connectivity index (χ0) is 45.6. The van der Waals surface area contributed by atoms with Crippen LogP contribution in [0.1, 0.15) is 40.0 Å². The van der Waals surface area contributed by atoms with E-state index in [9.17, 15) is 65.4 Å². The number of carbonyl (C=O) groups excluding carboxylic acids is 2. The summed E-state index contributed by atoms with van der Waals surface area (Å²) in [4.78, 5) is 38.8. The van der Waals surface area contributed by atoms with Crippen LogP contribution in [-0.4, -0.2) is 205 Å². The Balaban J connectivity index is 1.56. The molecule has 352 valence electrons. The van der Waals surface area contributed by atoms with Gasteiger partial charge in [0, 0.05) is 32.4 Å². The van der Waals surface area contributed by atoms with E-state index in [1.165, 1.54) is 19.1 Å². The number of amides is 2. The van der Waals surface area contributed by atoms with Gasteiger partial charge in [-0.15, -0.1) is 0 Å². The quantitative estimate of drug-likeness (QED) is 0.0695. The second-order valence-electron chi connectivity index (χ2n) is 16.3. The van der Waals surface area contributed by atoms with Crippen LogP contribution in [0.15, 0.2) is 30.3 Å². The normalized spacial score (nSPS) is 41.1. The molecule has 1 saturated carbocycles. The molecule has 1 aromatic rings. The van der Waals surface area contributed by atoms with Crippen molar-refractivity contribution in [2.24, 2.45) is 17.6 Å². The number of aliphatic carboxylic acids is 1. The summed E-state index contributed by atoms with van der Waals surface area (Å²) in [5.41, 5.74) is 5.63. The summed E-state index contributed by atoms with van der Waals surface area (Å²) in [6.07, 6.45) is -27.2. The maximum Gasteiger partial charge on any atom is 0.364 e. The minimum Gasteiger partial charge on any atom is -0.482 e. The number of rotatable bonds is 17. The Hall–Kier alpha value is -3.21. The van der Waals surface area contributed by atoms with Gasteiger partial charge in [-0.2, -0.15) is 0 Å². The zero-order valence-corrected chi connectivity index (χ0v) is 34.4. The summed E-state index contributed by atoms with van der Waals surface area (Å²) in [5.74, 6) is -7.19. The van der Waals surface area contributed by atoms with Crippen molar-refractivity contribution >= 4 is 17.8 Å². The van der Waals surface area contributed by atoms with E-state index in [2.05, 4.69) is 10.6 Å². The topological polar surface area (TPSA) is 368 Å². The lowest BCUT2D eigenvalue weighted by Crippen LogP contribution is -2.71. The third-order valence-corrected chi connectivity index (χ3v) is 11.7. The summed E-state index contributed by atoms with van der Waals surface area (Å²) in [5, 5.41) is 112. The van der Waals surface area contributed by atoms with E-state index < -0.39 is 153 Å². The number of hydrogen-bond acceptors (Lipinski definition) is 20. The van der Waals surface area contributed by atoms with Gasteiger partial charge in [0.15, 0.2) is 18.7 Å². The van der Waals surface area contributed by atoms with Gasteiger partial charge in [-0.1, -0.05) is 25.1 Å². The number of para-hydroxylation sites is 1. The number of nitrogens with one attached hydrogen (secondary N) is 2. The number of benzene rings is 1. The van der Waals surface area contributed by atoms with E-state index >= 15 is 0 Å². The maximum atomic E-state index is 13.4. The number of ether oxygens (including phenoxy) is 7. The summed E-state index contributed by atoms with van der Waals surface area (Å²) >= 11 is 0. The fourth-order valence-corrected chi connectivity index (χ4v) is 8.36. The molecule has 3 saturated heterocycles. The van der Waals surface area contributed by atoms with Gasteiger partial charge < -0.3 is 101 Å². The molecule has 1 aromatic carbocycles. The molecule has 0 bridgehead atoms. The van der Waals surface area contributed by atoms with E-state index in [0.717, 1.165) is 6.92 Å². The molecule has 4 aliphatic rings. The van der Waals surface area contributed by atoms with Gasteiger partial charge >= 0.3 is 5.97 Å². The molecule has 14 N–H and O–H groups in total. The number of hydrogen-bond donors (Lipinski definition) is 13. The lowest BCUT2D eigenvalue weighted by atomic mass is 9.77. The van der Waals surface area contributed by atoms with E-state index in [-0.39, 0.29) is 37.6 Å². The summed E-state index contributed by atoms with van der Waals surface area (Å²) in [6, 6.07) is 6.31. The minimum atomic E-state index is -3.01. The van der Waals surface area contributed by atoms with Gasteiger partial charge in [-0.3, -0.25) is 9.59 Å². The first kappa shape index (κ1) is 49.8. The summed E-state index contributed by atoms with van der Waals surface area (Å²) in [7, 11) is 0. The van der Waals surface area contributed by atoms with Crippen molar-refractivity contribution in [2.75, 3.05) is 26.3 Å². The fraction of sp³-hybridized carbons (Fsp3) is 0.769. The molecule has 3 heterocycles. The first-order chi connectivity index (χ1) is 29.4. The number of aliphatic hydroxyl groups is 9. The van der Waals surface area contributed by atoms with Crippen LogP contribution in [0, 0.1) is 11.8 Å². The van der Waals surface area contributed by atoms with Crippen LogP contribution in [0.3, 0.4) is 0 Å². The summed E-state index contributed by atoms with van der Waals surface area (Å²) < 4.78 is 43.0. The van der Waals surface area contributed by atoms with Gasteiger partial charge in [0.1, 0.15) is 60.7 Å². The number of aliphatic hydroxyl groups excluding tert-OH is 9. The van der Waals surface area contributed by atoms with Crippen molar-refractivity contribution < 1.29 is 98.6 Å². The van der Waals surface area contributed by atoms with Crippen LogP contribution in [0.5, 0.6) is 5.75 Å². The van der Waals surface area contributed by atoms with Crippen LogP contribution in [-0.2, 0) is 42.8 Å². The molecule has 23 nitrogen and oxygen atoms in total. The second kappa shape index (κ2) is 21.6. The smallest absolute Gasteiger partial charge is 0.364 e. The molecule has 2 amide bonds. The molecule has 18 unspecified atom stereocenters. The van der Waals surface area contributed by atoms with E-state index in [4.69, 9.17) is 38.9 Å². The Morgan fingerprint density at radius 3 is 2.21 bits per heavy atom. The lowest BCUT2D eigenvalue weighted by Gasteiger charge is -2.51. The largest absolute Gasteiger partial charge is 0.482 e. The first-order valence-corrected chi connectivity index (χ1v) is 20.5. The average molecular weight is 892 g/mol. The van der Waals surface area contributed by atoms with Crippen LogP contribution in [0.2, 0.25) is 0 Å². The van der Waals surface area contributed by atoms with Crippen molar-refractivity contribution in [3.63, 3.8) is 0 Å². The Bertz CT molecular complexity index is 1620. The lowest BCUT2D eigenvalue weighted by molar-refractivity contribution is -0.376. The van der Waals surface area contributed by atoms with Gasteiger partial charge in [0.25, 0.3) is 5.79 Å². The highest BCUT2D eigenvalue weighted by Gasteiger charge is 2.61. The highest BCUT2D eigenvalue weighted by molar-refractivity contribution is 5.79. The predicted octanol–water partition coefficient (Wildman–Crippen LogP) is -5.23. The molecule has 0 radical (unpaired) electrons. The highest BCUT2D eigenvalue weighted by atomic mass is 16.8. The molecule has 4 fully saturated rings. The zero-order valence-electron chi connectivity index (χ0n) is 34.4. The second-order valence-corrected chi connectivity index (χ2v) is 16.3. The highest BCUT2D eigenvalue weighted by Crippen LogP contribution is 2.41. The van der Waals surface area contributed by atoms with E-state index in [1.807, 2.05) is 0 Å². The van der Waals surface area contributed by atoms with Gasteiger partial charge in [-0.25, -0.2) is 4.79 Å². The van der Waals surface area contributed by atoms with Gasteiger partial charge in [0.2, 0.25) is 11.8 Å². The third kappa shape index (κ3) is 11.2. The summed E-state index contributed by atoms with van der Waals surface area (Å²) in [6.45, 7) is 2.62. The fourth-order valence-electron chi connectivity index (χ4n) is 8.36. The third-order valence-electron chi connectivity index (χ3n) is 11.7. The predicted molar refractivity (Wildman–Crippen MR) is 206 cm³/mol. The van der Waals surface area contributed by atoms with Crippen molar-refractivity contribution in [3.05, 3.63) is 30.3 Å².